The number of hydrogen-bond acceptors (Lipinski definition) is 2. The van der Waals surface area contributed by atoms with Crippen LogP contribution in [0.3, 0.4) is 0 Å². The Hall–Kier alpha value is -1.62. The molecule has 1 saturated heterocycles. The number of carbonyl (C=O) groups excluding carboxylic acids is 2. The second-order valence-corrected chi connectivity index (χ2v) is 4.17. The minimum atomic E-state index is -0.418. The molecule has 1 heterocycles. The highest BCUT2D eigenvalue weighted by Gasteiger charge is 2.23. The molecule has 2 amide bonds. The number of nitrogens with zero attached hydrogens (tertiary/aromatic N) is 1. The van der Waals surface area contributed by atoms with E-state index in [2.05, 4.69) is 5.32 Å². The van der Waals surface area contributed by atoms with Crippen LogP contribution in [0.4, 0.5) is 4.39 Å². The van der Waals surface area contributed by atoms with Crippen LogP contribution in [-0.2, 0) is 16.1 Å². The van der Waals surface area contributed by atoms with Crippen molar-refractivity contribution in [2.45, 2.75) is 6.54 Å². The Morgan fingerprint density at radius 2 is 2.18 bits per heavy atom. The van der Waals surface area contributed by atoms with Crippen molar-refractivity contribution >= 4 is 23.4 Å². The van der Waals surface area contributed by atoms with Gasteiger partial charge in [0.25, 0.3) is 0 Å². The zero-order valence-electron chi connectivity index (χ0n) is 8.87. The van der Waals surface area contributed by atoms with Crippen LogP contribution >= 0.6 is 11.6 Å². The highest BCUT2D eigenvalue weighted by molar-refractivity contribution is 6.31. The number of rotatable bonds is 2. The Morgan fingerprint density at radius 1 is 1.41 bits per heavy atom. The maximum absolute atomic E-state index is 13.0. The van der Waals surface area contributed by atoms with Gasteiger partial charge >= 0.3 is 0 Å². The number of nitrogens with one attached hydrogen (secondary N) is 1. The van der Waals surface area contributed by atoms with Gasteiger partial charge in [0.1, 0.15) is 5.82 Å². The van der Waals surface area contributed by atoms with E-state index in [0.717, 1.165) is 0 Å². The number of amides is 2. The van der Waals surface area contributed by atoms with E-state index in [9.17, 15) is 14.0 Å². The van der Waals surface area contributed by atoms with Crippen molar-refractivity contribution in [3.63, 3.8) is 0 Å². The molecule has 90 valence electrons. The fourth-order valence-electron chi connectivity index (χ4n) is 1.62. The molecule has 2 rings (SSSR count). The molecule has 6 heteroatoms. The number of hydrogen-bond donors (Lipinski definition) is 1. The van der Waals surface area contributed by atoms with Gasteiger partial charge in [-0.3, -0.25) is 9.59 Å². The number of piperazine rings is 1. The second kappa shape index (κ2) is 4.71. The number of halogens is 2. The van der Waals surface area contributed by atoms with E-state index < -0.39 is 5.82 Å². The van der Waals surface area contributed by atoms with E-state index in [0.29, 0.717) is 10.6 Å². The molecule has 0 atom stereocenters. The molecule has 1 N–H and O–H groups in total. The largest absolute Gasteiger partial charge is 0.345 e. The fourth-order valence-corrected chi connectivity index (χ4v) is 1.79. The van der Waals surface area contributed by atoms with Crippen molar-refractivity contribution in [3.05, 3.63) is 34.6 Å². The predicted molar refractivity (Wildman–Crippen MR) is 59.8 cm³/mol. The van der Waals surface area contributed by atoms with Gasteiger partial charge in [-0.2, -0.15) is 0 Å². The van der Waals surface area contributed by atoms with Crippen LogP contribution in [-0.4, -0.2) is 29.8 Å². The van der Waals surface area contributed by atoms with E-state index in [1.165, 1.54) is 23.1 Å². The molecule has 17 heavy (non-hydrogen) atoms. The number of benzene rings is 1. The first-order valence-corrected chi connectivity index (χ1v) is 5.42. The summed E-state index contributed by atoms with van der Waals surface area (Å²) >= 11 is 5.89. The molecule has 1 aliphatic heterocycles. The summed E-state index contributed by atoms with van der Waals surface area (Å²) in [5, 5.41) is 2.82. The van der Waals surface area contributed by atoms with Crippen LogP contribution in [0.15, 0.2) is 18.2 Å². The molecule has 1 aromatic rings. The Labute approximate surface area is 102 Å². The molecule has 0 unspecified atom stereocenters. The zero-order chi connectivity index (χ0) is 12.4. The van der Waals surface area contributed by atoms with Crippen LogP contribution < -0.4 is 5.32 Å². The summed E-state index contributed by atoms with van der Waals surface area (Å²) in [6.45, 7) is 0.0975. The van der Waals surface area contributed by atoms with Gasteiger partial charge in [-0.15, -0.1) is 0 Å². The minimum Gasteiger partial charge on any atom is -0.345 e. The topological polar surface area (TPSA) is 49.4 Å². The maximum atomic E-state index is 13.0. The molecular weight excluding hydrogens is 247 g/mol. The lowest BCUT2D eigenvalue weighted by Crippen LogP contribution is -2.51. The van der Waals surface area contributed by atoms with Crippen molar-refractivity contribution in [3.8, 4) is 0 Å². The normalized spacial score (nSPS) is 16.0. The predicted octanol–water partition coefficient (Wildman–Crippen LogP) is 0.938. The summed E-state index contributed by atoms with van der Waals surface area (Å²) in [4.78, 5) is 24.0. The lowest BCUT2D eigenvalue weighted by atomic mass is 10.2. The van der Waals surface area contributed by atoms with E-state index in [1.807, 2.05) is 0 Å². The molecular formula is C11H10ClFN2O2. The van der Waals surface area contributed by atoms with Crippen molar-refractivity contribution in [1.82, 2.24) is 10.2 Å². The first-order valence-electron chi connectivity index (χ1n) is 5.04. The summed E-state index contributed by atoms with van der Waals surface area (Å²) in [6.07, 6.45) is 0. The van der Waals surface area contributed by atoms with E-state index >= 15 is 0 Å². The third-order valence-corrected chi connectivity index (χ3v) is 2.86. The smallest absolute Gasteiger partial charge is 0.242 e. The molecule has 1 fully saturated rings. The zero-order valence-corrected chi connectivity index (χ0v) is 9.63. The van der Waals surface area contributed by atoms with E-state index in [-0.39, 0.29) is 31.4 Å². The van der Waals surface area contributed by atoms with E-state index in [1.54, 1.807) is 0 Å². The second-order valence-electron chi connectivity index (χ2n) is 3.76. The Morgan fingerprint density at radius 3 is 2.94 bits per heavy atom. The summed E-state index contributed by atoms with van der Waals surface area (Å²) in [7, 11) is 0. The Bertz CT molecular complexity index is 479. The van der Waals surface area contributed by atoms with Crippen LogP contribution in [0.2, 0.25) is 5.02 Å². The average molecular weight is 257 g/mol. The molecule has 0 spiro atoms. The van der Waals surface area contributed by atoms with Crippen LogP contribution in [0, 0.1) is 5.82 Å². The summed E-state index contributed by atoms with van der Waals surface area (Å²) in [6, 6.07) is 3.94. The molecule has 1 aliphatic rings. The molecule has 0 bridgehead atoms. The number of carbonyl (C=O) groups is 2. The quantitative estimate of drug-likeness (QED) is 0.856. The first-order chi connectivity index (χ1) is 8.06. The van der Waals surface area contributed by atoms with E-state index in [4.69, 9.17) is 11.6 Å². The molecule has 0 saturated carbocycles. The first kappa shape index (κ1) is 11.9. The van der Waals surface area contributed by atoms with Gasteiger partial charge in [-0.25, -0.2) is 4.39 Å². The van der Waals surface area contributed by atoms with Gasteiger partial charge in [0.15, 0.2) is 0 Å². The Balaban J connectivity index is 2.16. The molecule has 0 radical (unpaired) electrons. The monoisotopic (exact) mass is 256 g/mol. The van der Waals surface area contributed by atoms with Gasteiger partial charge in [0.05, 0.1) is 13.1 Å². The van der Waals surface area contributed by atoms with Crippen LogP contribution in [0.5, 0.6) is 0 Å². The van der Waals surface area contributed by atoms with Crippen LogP contribution in [0.1, 0.15) is 5.56 Å². The van der Waals surface area contributed by atoms with Crippen molar-refractivity contribution in [2.24, 2.45) is 0 Å². The SMILES string of the molecule is O=C1CN(Cc2cc(F)ccc2Cl)C(=O)CN1. The average Bonchev–Trinajstić information content (AvgIpc) is 2.28. The fraction of sp³-hybridized carbons (Fsp3) is 0.273. The van der Waals surface area contributed by atoms with Gasteiger partial charge in [0, 0.05) is 11.6 Å². The third-order valence-electron chi connectivity index (χ3n) is 2.49. The maximum Gasteiger partial charge on any atom is 0.242 e. The minimum absolute atomic E-state index is 0.0221. The Kier molecular flexibility index (Phi) is 3.28. The van der Waals surface area contributed by atoms with Crippen molar-refractivity contribution in [2.75, 3.05) is 13.1 Å². The molecule has 1 aromatic carbocycles. The molecule has 0 aliphatic carbocycles. The van der Waals surface area contributed by atoms with Gasteiger partial charge in [-0.05, 0) is 23.8 Å². The lowest BCUT2D eigenvalue weighted by molar-refractivity contribution is -0.141. The lowest BCUT2D eigenvalue weighted by Gasteiger charge is -2.26. The molecule has 4 nitrogen and oxygen atoms in total. The summed E-state index contributed by atoms with van der Waals surface area (Å²) in [5.74, 6) is -0.847. The van der Waals surface area contributed by atoms with Gasteiger partial charge in [-0.1, -0.05) is 11.6 Å². The van der Waals surface area contributed by atoms with Gasteiger partial charge < -0.3 is 10.2 Å². The van der Waals surface area contributed by atoms with Crippen molar-refractivity contribution < 1.29 is 14.0 Å². The highest BCUT2D eigenvalue weighted by atomic mass is 35.5. The standard InChI is InChI=1S/C11H10ClFN2O2/c12-9-2-1-8(13)3-7(9)5-15-6-10(16)14-4-11(15)17/h1-3H,4-6H2,(H,14,16). The highest BCUT2D eigenvalue weighted by Crippen LogP contribution is 2.19. The van der Waals surface area contributed by atoms with Gasteiger partial charge in [0.2, 0.25) is 11.8 Å². The summed E-state index contributed by atoms with van der Waals surface area (Å²) in [5.41, 5.74) is 0.495. The summed E-state index contributed by atoms with van der Waals surface area (Å²) < 4.78 is 13.0. The molecule has 0 aromatic heterocycles. The van der Waals surface area contributed by atoms with Crippen LogP contribution in [0.25, 0.3) is 0 Å². The van der Waals surface area contributed by atoms with Crippen molar-refractivity contribution in [1.29, 1.82) is 0 Å². The third kappa shape index (κ3) is 2.74.